The van der Waals surface area contributed by atoms with Crippen LogP contribution in [0.25, 0.3) is 0 Å². The maximum atomic E-state index is 5.92. The van der Waals surface area contributed by atoms with Gasteiger partial charge in [-0.2, -0.15) is 0 Å². The molecule has 0 saturated carbocycles. The fraction of sp³-hybridized carbons (Fsp3) is 0.667. The van der Waals surface area contributed by atoms with Crippen LogP contribution in [0, 0.1) is 0 Å². The molecule has 0 amide bonds. The van der Waals surface area contributed by atoms with Crippen molar-refractivity contribution < 1.29 is 9.47 Å². The number of methoxy groups -OCH3 is 1. The van der Waals surface area contributed by atoms with Gasteiger partial charge in [0.05, 0.1) is 5.60 Å². The molecule has 0 spiro atoms. The molecule has 0 bridgehead atoms. The van der Waals surface area contributed by atoms with Gasteiger partial charge in [-0.25, -0.2) is 9.97 Å². The molecule has 0 aromatic carbocycles. The maximum Gasteiger partial charge on any atom is 0.158 e. The maximum absolute atomic E-state index is 5.92. The second-order valence-corrected chi connectivity index (χ2v) is 4.86. The number of hydrogen-bond donors (Lipinski definition) is 1. The van der Waals surface area contributed by atoms with Crippen molar-refractivity contribution in [3.05, 3.63) is 17.0 Å². The molecule has 0 saturated heterocycles. The molecule has 0 atom stereocenters. The summed E-state index contributed by atoms with van der Waals surface area (Å²) in [6.45, 7) is 7.66. The highest BCUT2D eigenvalue weighted by Crippen LogP contribution is 2.15. The monoisotopic (exact) mass is 273 g/mol. The zero-order valence-corrected chi connectivity index (χ0v) is 12.0. The number of halogens is 1. The van der Waals surface area contributed by atoms with Crippen molar-refractivity contribution in [2.24, 2.45) is 0 Å². The van der Waals surface area contributed by atoms with Crippen LogP contribution in [0.3, 0.4) is 0 Å². The van der Waals surface area contributed by atoms with E-state index in [9.17, 15) is 0 Å². The zero-order chi connectivity index (χ0) is 13.6. The molecule has 0 aliphatic rings. The van der Waals surface area contributed by atoms with Gasteiger partial charge in [0, 0.05) is 26.3 Å². The van der Waals surface area contributed by atoms with Gasteiger partial charge in [-0.3, -0.25) is 0 Å². The standard InChI is InChI=1S/C12H20ClN3O2/c1-5-18-12(2,3)8-14-10-6-9(13)15-11(16-10)7-17-4/h6H,5,7-8H2,1-4H3,(H,14,15,16). The van der Waals surface area contributed by atoms with Crippen molar-refractivity contribution in [3.8, 4) is 0 Å². The van der Waals surface area contributed by atoms with E-state index < -0.39 is 0 Å². The molecule has 1 aromatic rings. The van der Waals surface area contributed by atoms with Crippen LogP contribution < -0.4 is 5.32 Å². The number of aromatic nitrogens is 2. The van der Waals surface area contributed by atoms with Gasteiger partial charge < -0.3 is 14.8 Å². The van der Waals surface area contributed by atoms with E-state index in [2.05, 4.69) is 15.3 Å². The van der Waals surface area contributed by atoms with Crippen LogP contribution in [-0.2, 0) is 16.1 Å². The van der Waals surface area contributed by atoms with Crippen LogP contribution in [0.15, 0.2) is 6.07 Å². The molecule has 5 nitrogen and oxygen atoms in total. The molecule has 0 aliphatic heterocycles. The minimum absolute atomic E-state index is 0.256. The lowest BCUT2D eigenvalue weighted by Gasteiger charge is -2.25. The summed E-state index contributed by atoms with van der Waals surface area (Å²) in [4.78, 5) is 8.36. The second-order valence-electron chi connectivity index (χ2n) is 4.47. The van der Waals surface area contributed by atoms with E-state index >= 15 is 0 Å². The van der Waals surface area contributed by atoms with Crippen molar-refractivity contribution >= 4 is 17.4 Å². The first-order chi connectivity index (χ1) is 8.46. The van der Waals surface area contributed by atoms with Crippen molar-refractivity contribution in [3.63, 3.8) is 0 Å². The van der Waals surface area contributed by atoms with Crippen molar-refractivity contribution in [1.29, 1.82) is 0 Å². The normalized spacial score (nSPS) is 11.6. The first-order valence-corrected chi connectivity index (χ1v) is 6.25. The summed E-state index contributed by atoms with van der Waals surface area (Å²) >= 11 is 5.92. The van der Waals surface area contributed by atoms with Gasteiger partial charge in [-0.1, -0.05) is 11.6 Å². The van der Waals surface area contributed by atoms with Gasteiger partial charge in [0.2, 0.25) is 0 Å². The number of anilines is 1. The van der Waals surface area contributed by atoms with Crippen LogP contribution in [-0.4, -0.2) is 35.8 Å². The summed E-state index contributed by atoms with van der Waals surface area (Å²) in [6.07, 6.45) is 0. The fourth-order valence-electron chi connectivity index (χ4n) is 1.49. The molecular weight excluding hydrogens is 254 g/mol. The van der Waals surface area contributed by atoms with Gasteiger partial charge in [-0.05, 0) is 20.8 Å². The minimum atomic E-state index is -0.256. The summed E-state index contributed by atoms with van der Waals surface area (Å²) in [6, 6.07) is 1.68. The average Bonchev–Trinajstić information content (AvgIpc) is 2.26. The predicted molar refractivity (Wildman–Crippen MR) is 71.9 cm³/mol. The predicted octanol–water partition coefficient (Wildman–Crippen LogP) is 2.50. The number of rotatable bonds is 7. The fourth-order valence-corrected chi connectivity index (χ4v) is 1.70. The molecule has 18 heavy (non-hydrogen) atoms. The van der Waals surface area contributed by atoms with E-state index in [1.807, 2.05) is 20.8 Å². The van der Waals surface area contributed by atoms with Gasteiger partial charge in [0.25, 0.3) is 0 Å². The highest BCUT2D eigenvalue weighted by atomic mass is 35.5. The number of ether oxygens (including phenoxy) is 2. The van der Waals surface area contributed by atoms with Crippen LogP contribution in [0.5, 0.6) is 0 Å². The number of nitrogens with one attached hydrogen (secondary N) is 1. The topological polar surface area (TPSA) is 56.3 Å². The second kappa shape index (κ2) is 6.87. The SMILES string of the molecule is CCOC(C)(C)CNc1cc(Cl)nc(COC)n1. The van der Waals surface area contributed by atoms with Crippen LogP contribution in [0.1, 0.15) is 26.6 Å². The molecule has 6 heteroatoms. The quantitative estimate of drug-likeness (QED) is 0.774. The van der Waals surface area contributed by atoms with Crippen LogP contribution in [0.4, 0.5) is 5.82 Å². The van der Waals surface area contributed by atoms with Gasteiger partial charge in [0.15, 0.2) is 5.82 Å². The lowest BCUT2D eigenvalue weighted by Crippen LogP contribution is -2.33. The molecular formula is C12H20ClN3O2. The van der Waals surface area contributed by atoms with E-state index in [1.54, 1.807) is 13.2 Å². The lowest BCUT2D eigenvalue weighted by molar-refractivity contribution is 0.000634. The van der Waals surface area contributed by atoms with Gasteiger partial charge in [0.1, 0.15) is 17.6 Å². The van der Waals surface area contributed by atoms with Gasteiger partial charge >= 0.3 is 0 Å². The molecule has 1 heterocycles. The van der Waals surface area contributed by atoms with E-state index in [0.29, 0.717) is 36.6 Å². The van der Waals surface area contributed by atoms with E-state index in [-0.39, 0.29) is 5.60 Å². The molecule has 0 unspecified atom stereocenters. The molecule has 0 fully saturated rings. The summed E-state index contributed by atoms with van der Waals surface area (Å²) in [5.74, 6) is 1.23. The number of nitrogens with zero attached hydrogens (tertiary/aromatic N) is 2. The van der Waals surface area contributed by atoms with Crippen LogP contribution >= 0.6 is 11.6 Å². The average molecular weight is 274 g/mol. The Morgan fingerprint density at radius 3 is 2.72 bits per heavy atom. The Morgan fingerprint density at radius 2 is 2.11 bits per heavy atom. The first kappa shape index (κ1) is 15.1. The summed E-state index contributed by atoms with van der Waals surface area (Å²) in [5, 5.41) is 3.59. The van der Waals surface area contributed by atoms with Crippen LogP contribution in [0.2, 0.25) is 5.15 Å². The number of hydrogen-bond acceptors (Lipinski definition) is 5. The Morgan fingerprint density at radius 1 is 1.39 bits per heavy atom. The molecule has 1 rings (SSSR count). The third-order valence-electron chi connectivity index (χ3n) is 2.24. The smallest absolute Gasteiger partial charge is 0.158 e. The lowest BCUT2D eigenvalue weighted by atomic mass is 10.1. The third kappa shape index (κ3) is 5.16. The van der Waals surface area contributed by atoms with Crippen molar-refractivity contribution in [2.45, 2.75) is 33.0 Å². The van der Waals surface area contributed by atoms with Crippen molar-refractivity contribution in [1.82, 2.24) is 9.97 Å². The molecule has 1 aromatic heterocycles. The van der Waals surface area contributed by atoms with E-state index in [0.717, 1.165) is 0 Å². The Hall–Kier alpha value is -0.910. The first-order valence-electron chi connectivity index (χ1n) is 5.87. The Balaban J connectivity index is 2.66. The van der Waals surface area contributed by atoms with Gasteiger partial charge in [-0.15, -0.1) is 0 Å². The summed E-state index contributed by atoms with van der Waals surface area (Å²) < 4.78 is 10.6. The largest absolute Gasteiger partial charge is 0.377 e. The Kier molecular flexibility index (Phi) is 5.78. The molecule has 0 radical (unpaired) electrons. The minimum Gasteiger partial charge on any atom is -0.377 e. The van der Waals surface area contributed by atoms with Crippen molar-refractivity contribution in [2.75, 3.05) is 25.6 Å². The summed E-state index contributed by atoms with van der Waals surface area (Å²) in [5.41, 5.74) is -0.256. The Labute approximate surface area is 113 Å². The Bertz CT molecular complexity index is 386. The highest BCUT2D eigenvalue weighted by Gasteiger charge is 2.17. The van der Waals surface area contributed by atoms with E-state index in [4.69, 9.17) is 21.1 Å². The molecule has 1 N–H and O–H groups in total. The molecule has 102 valence electrons. The van der Waals surface area contributed by atoms with E-state index in [1.165, 1.54) is 0 Å². The zero-order valence-electron chi connectivity index (χ0n) is 11.3. The third-order valence-corrected chi connectivity index (χ3v) is 2.44. The summed E-state index contributed by atoms with van der Waals surface area (Å²) in [7, 11) is 1.59. The highest BCUT2D eigenvalue weighted by molar-refractivity contribution is 6.29. The molecule has 0 aliphatic carbocycles.